The predicted octanol–water partition coefficient (Wildman–Crippen LogP) is 2.89. The second-order valence-corrected chi connectivity index (χ2v) is 3.75. The van der Waals surface area contributed by atoms with Crippen molar-refractivity contribution >= 4 is 12.0 Å². The Balaban J connectivity index is 2.14. The molecule has 0 radical (unpaired) electrons. The van der Waals surface area contributed by atoms with Crippen molar-refractivity contribution in [3.05, 3.63) is 41.2 Å². The lowest BCUT2D eigenvalue weighted by molar-refractivity contribution is -0.143. The summed E-state index contributed by atoms with van der Waals surface area (Å²) in [5, 5.41) is 0. The maximum Gasteiger partial charge on any atom is 0.306 e. The van der Waals surface area contributed by atoms with Gasteiger partial charge < -0.3 is 4.74 Å². The number of rotatable bonds is 3. The fourth-order valence-corrected chi connectivity index (χ4v) is 1.92. The number of allylic oxidation sites excluding steroid dienone is 1. The molecule has 0 spiro atoms. The zero-order valence-electron chi connectivity index (χ0n) is 9.07. The average molecular weight is 220 g/mol. The molecule has 2 nitrogen and oxygen atoms in total. The number of benzene rings is 1. The van der Waals surface area contributed by atoms with Gasteiger partial charge in [-0.1, -0.05) is 18.2 Å². The van der Waals surface area contributed by atoms with E-state index in [1.54, 1.807) is 13.0 Å². The van der Waals surface area contributed by atoms with Gasteiger partial charge in [-0.25, -0.2) is 4.39 Å². The van der Waals surface area contributed by atoms with E-state index in [1.165, 1.54) is 12.1 Å². The van der Waals surface area contributed by atoms with Crippen LogP contribution in [0.3, 0.4) is 0 Å². The molecule has 0 bridgehead atoms. The van der Waals surface area contributed by atoms with E-state index >= 15 is 0 Å². The summed E-state index contributed by atoms with van der Waals surface area (Å²) in [7, 11) is 0. The van der Waals surface area contributed by atoms with Gasteiger partial charge in [0.25, 0.3) is 0 Å². The normalized spacial score (nSPS) is 17.2. The SMILES string of the molecule is CCOC(=O)CC1C=Cc2ccc(F)cc21. The van der Waals surface area contributed by atoms with Gasteiger partial charge in [0, 0.05) is 5.92 Å². The van der Waals surface area contributed by atoms with Crippen molar-refractivity contribution in [2.24, 2.45) is 0 Å². The smallest absolute Gasteiger partial charge is 0.306 e. The number of esters is 1. The third kappa shape index (κ3) is 2.13. The van der Waals surface area contributed by atoms with Crippen molar-refractivity contribution in [1.82, 2.24) is 0 Å². The molecule has 16 heavy (non-hydrogen) atoms. The summed E-state index contributed by atoms with van der Waals surface area (Å²) in [6.45, 7) is 2.15. The first kappa shape index (κ1) is 10.9. The van der Waals surface area contributed by atoms with E-state index in [4.69, 9.17) is 4.74 Å². The Morgan fingerprint density at radius 1 is 1.50 bits per heavy atom. The lowest BCUT2D eigenvalue weighted by atomic mass is 9.97. The van der Waals surface area contributed by atoms with Gasteiger partial charge in [0.1, 0.15) is 5.82 Å². The number of hydrogen-bond donors (Lipinski definition) is 0. The van der Waals surface area contributed by atoms with E-state index in [-0.39, 0.29) is 24.1 Å². The number of ether oxygens (including phenoxy) is 1. The second-order valence-electron chi connectivity index (χ2n) is 3.75. The van der Waals surface area contributed by atoms with Crippen LogP contribution in [0.2, 0.25) is 0 Å². The first-order chi connectivity index (χ1) is 7.70. The molecule has 0 saturated carbocycles. The van der Waals surface area contributed by atoms with Crippen LogP contribution in [0.4, 0.5) is 4.39 Å². The van der Waals surface area contributed by atoms with Gasteiger partial charge in [0.2, 0.25) is 0 Å². The van der Waals surface area contributed by atoms with Gasteiger partial charge in [-0.05, 0) is 30.2 Å². The van der Waals surface area contributed by atoms with Gasteiger partial charge in [-0.2, -0.15) is 0 Å². The summed E-state index contributed by atoms with van der Waals surface area (Å²) in [6, 6.07) is 4.64. The zero-order chi connectivity index (χ0) is 11.5. The number of hydrogen-bond acceptors (Lipinski definition) is 2. The van der Waals surface area contributed by atoms with Crippen molar-refractivity contribution in [3.63, 3.8) is 0 Å². The average Bonchev–Trinajstić information content (AvgIpc) is 2.61. The maximum atomic E-state index is 13.1. The number of fused-ring (bicyclic) bond motifs is 1. The van der Waals surface area contributed by atoms with Crippen LogP contribution in [-0.2, 0) is 9.53 Å². The first-order valence-electron chi connectivity index (χ1n) is 5.34. The van der Waals surface area contributed by atoms with Crippen molar-refractivity contribution in [2.45, 2.75) is 19.3 Å². The van der Waals surface area contributed by atoms with Crippen LogP contribution in [0.5, 0.6) is 0 Å². The molecule has 0 aliphatic heterocycles. The Hall–Kier alpha value is -1.64. The predicted molar refractivity (Wildman–Crippen MR) is 59.4 cm³/mol. The minimum absolute atomic E-state index is 0.0512. The monoisotopic (exact) mass is 220 g/mol. The van der Waals surface area contributed by atoms with Gasteiger partial charge in [-0.15, -0.1) is 0 Å². The van der Waals surface area contributed by atoms with Crippen LogP contribution in [0.15, 0.2) is 24.3 Å². The van der Waals surface area contributed by atoms with Crippen molar-refractivity contribution in [2.75, 3.05) is 6.61 Å². The summed E-state index contributed by atoms with van der Waals surface area (Å²) < 4.78 is 18.0. The molecule has 0 N–H and O–H groups in total. The molecule has 1 aromatic rings. The Morgan fingerprint density at radius 2 is 2.31 bits per heavy atom. The lowest BCUT2D eigenvalue weighted by Crippen LogP contribution is -2.08. The number of carbonyl (C=O) groups excluding carboxylic acids is 1. The largest absolute Gasteiger partial charge is 0.466 e. The van der Waals surface area contributed by atoms with Crippen LogP contribution in [0.1, 0.15) is 30.4 Å². The molecule has 0 saturated heterocycles. The topological polar surface area (TPSA) is 26.3 Å². The molecule has 1 aromatic carbocycles. The fraction of sp³-hybridized carbons (Fsp3) is 0.308. The third-order valence-electron chi connectivity index (χ3n) is 2.65. The van der Waals surface area contributed by atoms with Crippen molar-refractivity contribution < 1.29 is 13.9 Å². The number of halogens is 1. The fourth-order valence-electron chi connectivity index (χ4n) is 1.92. The van der Waals surface area contributed by atoms with E-state index in [0.717, 1.165) is 11.1 Å². The van der Waals surface area contributed by atoms with Crippen molar-refractivity contribution in [3.8, 4) is 0 Å². The quantitative estimate of drug-likeness (QED) is 0.732. The number of carbonyl (C=O) groups is 1. The third-order valence-corrected chi connectivity index (χ3v) is 2.65. The summed E-state index contributed by atoms with van der Waals surface area (Å²) in [5.74, 6) is -0.560. The zero-order valence-corrected chi connectivity index (χ0v) is 9.07. The summed E-state index contributed by atoms with van der Waals surface area (Å²) in [6.07, 6.45) is 4.11. The van der Waals surface area contributed by atoms with Crippen LogP contribution < -0.4 is 0 Å². The minimum Gasteiger partial charge on any atom is -0.466 e. The van der Waals surface area contributed by atoms with Gasteiger partial charge >= 0.3 is 5.97 Å². The highest BCUT2D eigenvalue weighted by Gasteiger charge is 2.21. The van der Waals surface area contributed by atoms with E-state index in [2.05, 4.69) is 0 Å². The molecule has 1 aliphatic carbocycles. The second kappa shape index (κ2) is 4.47. The molecule has 1 unspecified atom stereocenters. The van der Waals surface area contributed by atoms with E-state index in [1.807, 2.05) is 12.2 Å². The first-order valence-corrected chi connectivity index (χ1v) is 5.34. The highest BCUT2D eigenvalue weighted by Crippen LogP contribution is 2.33. The summed E-state index contributed by atoms with van der Waals surface area (Å²) >= 11 is 0. The Morgan fingerprint density at radius 3 is 3.06 bits per heavy atom. The molecule has 2 rings (SSSR count). The molecule has 1 atom stereocenters. The minimum atomic E-state index is -0.267. The summed E-state index contributed by atoms with van der Waals surface area (Å²) in [4.78, 5) is 11.3. The standard InChI is InChI=1S/C13H13FO2/c1-2-16-13(15)7-10-4-3-9-5-6-11(14)8-12(9)10/h3-6,8,10H,2,7H2,1H3. The van der Waals surface area contributed by atoms with E-state index in [0.29, 0.717) is 6.61 Å². The molecular weight excluding hydrogens is 207 g/mol. The van der Waals surface area contributed by atoms with Gasteiger partial charge in [0.05, 0.1) is 13.0 Å². The molecule has 0 fully saturated rings. The molecule has 3 heteroatoms. The van der Waals surface area contributed by atoms with Crippen LogP contribution in [-0.4, -0.2) is 12.6 Å². The molecule has 0 amide bonds. The van der Waals surface area contributed by atoms with Crippen LogP contribution in [0, 0.1) is 5.82 Å². The molecule has 0 aromatic heterocycles. The molecular formula is C13H13FO2. The molecule has 1 aliphatic rings. The highest BCUT2D eigenvalue weighted by molar-refractivity contribution is 5.74. The Kier molecular flexibility index (Phi) is 3.04. The Labute approximate surface area is 93.7 Å². The lowest BCUT2D eigenvalue weighted by Gasteiger charge is -2.10. The Bertz CT molecular complexity index is 438. The van der Waals surface area contributed by atoms with E-state index < -0.39 is 0 Å². The van der Waals surface area contributed by atoms with Crippen LogP contribution >= 0.6 is 0 Å². The molecule has 84 valence electrons. The van der Waals surface area contributed by atoms with E-state index in [9.17, 15) is 9.18 Å². The van der Waals surface area contributed by atoms with Gasteiger partial charge in [0.15, 0.2) is 0 Å². The maximum absolute atomic E-state index is 13.1. The van der Waals surface area contributed by atoms with Gasteiger partial charge in [-0.3, -0.25) is 4.79 Å². The molecule has 0 heterocycles. The van der Waals surface area contributed by atoms with Crippen LogP contribution in [0.25, 0.3) is 6.08 Å². The van der Waals surface area contributed by atoms with Crippen molar-refractivity contribution in [1.29, 1.82) is 0 Å². The highest BCUT2D eigenvalue weighted by atomic mass is 19.1. The summed E-state index contributed by atoms with van der Waals surface area (Å²) in [5.41, 5.74) is 1.85.